The molecule has 1 saturated carbocycles. The van der Waals surface area contributed by atoms with Crippen LogP contribution in [0.1, 0.15) is 32.6 Å². The third kappa shape index (κ3) is 4.96. The van der Waals surface area contributed by atoms with Crippen molar-refractivity contribution in [2.75, 3.05) is 33.4 Å². The van der Waals surface area contributed by atoms with E-state index in [4.69, 9.17) is 4.74 Å². The molecule has 0 radical (unpaired) electrons. The van der Waals surface area contributed by atoms with Gasteiger partial charge in [0.05, 0.1) is 12.7 Å². The van der Waals surface area contributed by atoms with Crippen LogP contribution in [-0.4, -0.2) is 49.5 Å². The molecule has 3 nitrogen and oxygen atoms in total. The Balaban J connectivity index is 2.03. The quantitative estimate of drug-likeness (QED) is 0.653. The molecule has 1 aliphatic carbocycles. The maximum Gasteiger partial charge on any atom is 0.0593 e. The molecule has 90 valence electrons. The monoisotopic (exact) mass is 215 g/mol. The van der Waals surface area contributed by atoms with Crippen LogP contribution < -0.4 is 0 Å². The molecular formula is C12H25NO2. The van der Waals surface area contributed by atoms with E-state index in [0.29, 0.717) is 5.92 Å². The van der Waals surface area contributed by atoms with E-state index in [2.05, 4.69) is 11.9 Å². The molecule has 0 aliphatic heterocycles. The second kappa shape index (κ2) is 7.20. The van der Waals surface area contributed by atoms with Crippen molar-refractivity contribution in [3.05, 3.63) is 0 Å². The summed E-state index contributed by atoms with van der Waals surface area (Å²) in [7, 11) is 2.13. The molecule has 0 aromatic heterocycles. The summed E-state index contributed by atoms with van der Waals surface area (Å²) < 4.78 is 5.31. The average molecular weight is 215 g/mol. The fourth-order valence-electron chi connectivity index (χ4n) is 2.22. The van der Waals surface area contributed by atoms with Gasteiger partial charge in [0, 0.05) is 13.2 Å². The molecule has 0 bridgehead atoms. The van der Waals surface area contributed by atoms with Crippen molar-refractivity contribution in [1.29, 1.82) is 0 Å². The minimum absolute atomic E-state index is 0.0368. The smallest absolute Gasteiger partial charge is 0.0593 e. The zero-order valence-corrected chi connectivity index (χ0v) is 10.1. The van der Waals surface area contributed by atoms with Crippen molar-refractivity contribution in [2.24, 2.45) is 5.92 Å². The van der Waals surface area contributed by atoms with Gasteiger partial charge in [-0.25, -0.2) is 0 Å². The van der Waals surface area contributed by atoms with Crippen LogP contribution in [0.5, 0.6) is 0 Å². The lowest BCUT2D eigenvalue weighted by Gasteiger charge is -2.20. The first-order valence-corrected chi connectivity index (χ1v) is 6.18. The largest absolute Gasteiger partial charge is 0.393 e. The van der Waals surface area contributed by atoms with Gasteiger partial charge in [-0.2, -0.15) is 0 Å². The summed E-state index contributed by atoms with van der Waals surface area (Å²) in [6.07, 6.45) is 4.51. The van der Waals surface area contributed by atoms with E-state index in [1.807, 2.05) is 6.92 Å². The maximum absolute atomic E-state index is 9.67. The second-order valence-electron chi connectivity index (χ2n) is 4.55. The predicted octanol–water partition coefficient (Wildman–Crippen LogP) is 1.51. The van der Waals surface area contributed by atoms with Crippen LogP contribution in [0.4, 0.5) is 0 Å². The number of hydrogen-bond acceptors (Lipinski definition) is 3. The van der Waals surface area contributed by atoms with Crippen LogP contribution in [0.15, 0.2) is 0 Å². The summed E-state index contributed by atoms with van der Waals surface area (Å²) in [4.78, 5) is 2.29. The van der Waals surface area contributed by atoms with Crippen molar-refractivity contribution in [3.8, 4) is 0 Å². The number of aliphatic hydroxyl groups excluding tert-OH is 1. The summed E-state index contributed by atoms with van der Waals surface area (Å²) in [5.74, 6) is 0.541. The predicted molar refractivity (Wildman–Crippen MR) is 62.0 cm³/mol. The standard InChI is InChI=1S/C12H25NO2/c1-3-15-10-9-13(2)8-7-11-5-4-6-12(11)14/h11-12,14H,3-10H2,1-2H3. The van der Waals surface area contributed by atoms with Crippen molar-refractivity contribution >= 4 is 0 Å². The molecule has 15 heavy (non-hydrogen) atoms. The van der Waals surface area contributed by atoms with Crippen molar-refractivity contribution < 1.29 is 9.84 Å². The number of nitrogens with zero attached hydrogens (tertiary/aromatic N) is 1. The Morgan fingerprint density at radius 1 is 1.33 bits per heavy atom. The molecule has 0 saturated heterocycles. The molecule has 1 fully saturated rings. The zero-order chi connectivity index (χ0) is 11.1. The van der Waals surface area contributed by atoms with Gasteiger partial charge in [0.15, 0.2) is 0 Å². The SMILES string of the molecule is CCOCCN(C)CCC1CCCC1O. The molecule has 0 heterocycles. The van der Waals surface area contributed by atoms with Crippen LogP contribution in [-0.2, 0) is 4.74 Å². The highest BCUT2D eigenvalue weighted by Crippen LogP contribution is 2.28. The Hall–Kier alpha value is -0.120. The summed E-state index contributed by atoms with van der Waals surface area (Å²) in [5, 5.41) is 9.67. The highest BCUT2D eigenvalue weighted by Gasteiger charge is 2.24. The number of hydrogen-bond donors (Lipinski definition) is 1. The number of ether oxygens (including phenoxy) is 1. The van der Waals surface area contributed by atoms with Gasteiger partial charge in [-0.05, 0) is 45.7 Å². The van der Waals surface area contributed by atoms with Crippen molar-refractivity contribution in [3.63, 3.8) is 0 Å². The van der Waals surface area contributed by atoms with Gasteiger partial charge in [-0.1, -0.05) is 6.42 Å². The van der Waals surface area contributed by atoms with Crippen LogP contribution in [0.3, 0.4) is 0 Å². The molecule has 1 rings (SSSR count). The minimum Gasteiger partial charge on any atom is -0.393 e. The summed E-state index contributed by atoms with van der Waals surface area (Å²) in [5.41, 5.74) is 0. The fourth-order valence-corrected chi connectivity index (χ4v) is 2.22. The second-order valence-corrected chi connectivity index (χ2v) is 4.55. The Bertz CT molecular complexity index is 164. The normalized spacial score (nSPS) is 26.4. The molecule has 3 heteroatoms. The first-order chi connectivity index (χ1) is 7.24. The van der Waals surface area contributed by atoms with E-state index in [0.717, 1.165) is 39.1 Å². The van der Waals surface area contributed by atoms with Crippen LogP contribution in [0.25, 0.3) is 0 Å². The van der Waals surface area contributed by atoms with Crippen molar-refractivity contribution in [2.45, 2.75) is 38.7 Å². The van der Waals surface area contributed by atoms with Crippen LogP contribution in [0.2, 0.25) is 0 Å². The highest BCUT2D eigenvalue weighted by molar-refractivity contribution is 4.77. The Labute approximate surface area is 93.4 Å². The van der Waals surface area contributed by atoms with Gasteiger partial charge in [0.2, 0.25) is 0 Å². The van der Waals surface area contributed by atoms with Gasteiger partial charge in [0.25, 0.3) is 0 Å². The van der Waals surface area contributed by atoms with Gasteiger partial charge in [-0.3, -0.25) is 0 Å². The first kappa shape index (κ1) is 12.9. The van der Waals surface area contributed by atoms with Crippen LogP contribution >= 0.6 is 0 Å². The number of likely N-dealkylation sites (N-methyl/N-ethyl adjacent to an activating group) is 1. The van der Waals surface area contributed by atoms with E-state index in [1.165, 1.54) is 12.8 Å². The van der Waals surface area contributed by atoms with E-state index >= 15 is 0 Å². The lowest BCUT2D eigenvalue weighted by atomic mass is 10.0. The molecule has 2 atom stereocenters. The molecule has 0 spiro atoms. The third-order valence-corrected chi connectivity index (χ3v) is 3.32. The zero-order valence-electron chi connectivity index (χ0n) is 10.1. The van der Waals surface area contributed by atoms with Crippen molar-refractivity contribution in [1.82, 2.24) is 4.90 Å². The Kier molecular flexibility index (Phi) is 6.22. The first-order valence-electron chi connectivity index (χ1n) is 6.18. The molecule has 0 aromatic carbocycles. The number of aliphatic hydroxyl groups is 1. The topological polar surface area (TPSA) is 32.7 Å². The number of rotatable bonds is 7. The third-order valence-electron chi connectivity index (χ3n) is 3.32. The molecule has 1 N–H and O–H groups in total. The molecule has 0 aromatic rings. The van der Waals surface area contributed by atoms with Gasteiger partial charge < -0.3 is 14.7 Å². The van der Waals surface area contributed by atoms with E-state index in [-0.39, 0.29) is 6.10 Å². The molecular weight excluding hydrogens is 190 g/mol. The van der Waals surface area contributed by atoms with Crippen LogP contribution in [0, 0.1) is 5.92 Å². The lowest BCUT2D eigenvalue weighted by molar-refractivity contribution is 0.104. The molecule has 1 aliphatic rings. The minimum atomic E-state index is -0.0368. The van der Waals surface area contributed by atoms with E-state index < -0.39 is 0 Å². The Morgan fingerprint density at radius 2 is 2.13 bits per heavy atom. The molecule has 0 amide bonds. The fraction of sp³-hybridized carbons (Fsp3) is 1.00. The Morgan fingerprint density at radius 3 is 2.73 bits per heavy atom. The van der Waals surface area contributed by atoms with E-state index in [9.17, 15) is 5.11 Å². The molecule has 2 unspecified atom stereocenters. The average Bonchev–Trinajstić information content (AvgIpc) is 2.61. The summed E-state index contributed by atoms with van der Waals surface area (Å²) >= 11 is 0. The maximum atomic E-state index is 9.67. The highest BCUT2D eigenvalue weighted by atomic mass is 16.5. The lowest BCUT2D eigenvalue weighted by Crippen LogP contribution is -2.27. The van der Waals surface area contributed by atoms with Gasteiger partial charge >= 0.3 is 0 Å². The summed E-state index contributed by atoms with van der Waals surface area (Å²) in [6.45, 7) is 5.72. The van der Waals surface area contributed by atoms with E-state index in [1.54, 1.807) is 0 Å². The summed E-state index contributed by atoms with van der Waals surface area (Å²) in [6, 6.07) is 0. The van der Waals surface area contributed by atoms with Gasteiger partial charge in [0.1, 0.15) is 0 Å². The van der Waals surface area contributed by atoms with Gasteiger partial charge in [-0.15, -0.1) is 0 Å².